The van der Waals surface area contributed by atoms with E-state index < -0.39 is 0 Å². The molecule has 0 unspecified atom stereocenters. The van der Waals surface area contributed by atoms with Crippen molar-refractivity contribution < 1.29 is 4.79 Å². The van der Waals surface area contributed by atoms with Gasteiger partial charge in [0.05, 0.1) is 6.54 Å². The summed E-state index contributed by atoms with van der Waals surface area (Å²) in [7, 11) is 0. The van der Waals surface area contributed by atoms with Crippen LogP contribution < -0.4 is 0 Å². The van der Waals surface area contributed by atoms with Gasteiger partial charge in [-0.05, 0) is 17.6 Å². The smallest absolute Gasteiger partial charge is 0.149 e. The molecular formula is C16H21NO. The van der Waals surface area contributed by atoms with Gasteiger partial charge in [0.1, 0.15) is 5.78 Å². The minimum atomic E-state index is 0.143. The largest absolute Gasteiger partial charge is 0.298 e. The second-order valence-electron chi connectivity index (χ2n) is 5.20. The maximum atomic E-state index is 11.7. The lowest BCUT2D eigenvalue weighted by Gasteiger charge is -2.26. The predicted molar refractivity (Wildman–Crippen MR) is 75.3 cm³/mol. The SMILES string of the molecule is CC(C)C(=O)CN1CC=C(c2ccccc2)CC1. The van der Waals surface area contributed by atoms with Gasteiger partial charge in [-0.15, -0.1) is 0 Å². The summed E-state index contributed by atoms with van der Waals surface area (Å²) in [4.78, 5) is 13.9. The van der Waals surface area contributed by atoms with Crippen molar-refractivity contribution in [3.63, 3.8) is 0 Å². The van der Waals surface area contributed by atoms with Gasteiger partial charge >= 0.3 is 0 Å². The molecule has 1 aromatic carbocycles. The number of nitrogens with zero attached hydrogens (tertiary/aromatic N) is 1. The molecule has 0 bridgehead atoms. The number of hydrogen-bond acceptors (Lipinski definition) is 2. The van der Waals surface area contributed by atoms with Crippen LogP contribution in [0.25, 0.3) is 5.57 Å². The first kappa shape index (κ1) is 13.0. The standard InChI is InChI=1S/C16H21NO/c1-13(2)16(18)12-17-10-8-15(9-11-17)14-6-4-3-5-7-14/h3-8,13H,9-12H2,1-2H3. The lowest BCUT2D eigenvalue weighted by molar-refractivity contribution is -0.122. The lowest BCUT2D eigenvalue weighted by Crippen LogP contribution is -2.35. The highest BCUT2D eigenvalue weighted by Gasteiger charge is 2.16. The van der Waals surface area contributed by atoms with Crippen molar-refractivity contribution in [3.8, 4) is 0 Å². The third-order valence-corrected chi connectivity index (χ3v) is 3.46. The number of ketones is 1. The zero-order valence-electron chi connectivity index (χ0n) is 11.2. The normalized spacial score (nSPS) is 16.7. The summed E-state index contributed by atoms with van der Waals surface area (Å²) in [5, 5.41) is 0. The fourth-order valence-electron chi connectivity index (χ4n) is 2.17. The van der Waals surface area contributed by atoms with Crippen molar-refractivity contribution in [1.82, 2.24) is 4.90 Å². The van der Waals surface area contributed by atoms with Crippen LogP contribution in [0.3, 0.4) is 0 Å². The summed E-state index contributed by atoms with van der Waals surface area (Å²) < 4.78 is 0. The molecule has 2 heteroatoms. The fourth-order valence-corrected chi connectivity index (χ4v) is 2.17. The Labute approximate surface area is 109 Å². The van der Waals surface area contributed by atoms with Gasteiger partial charge < -0.3 is 0 Å². The number of Topliss-reactive ketones (excluding diaryl/α,β-unsaturated/α-hetero) is 1. The van der Waals surface area contributed by atoms with E-state index >= 15 is 0 Å². The lowest BCUT2D eigenvalue weighted by atomic mass is 9.99. The first-order valence-electron chi connectivity index (χ1n) is 6.66. The summed E-state index contributed by atoms with van der Waals surface area (Å²) in [5.74, 6) is 0.482. The molecule has 2 nitrogen and oxygen atoms in total. The molecule has 18 heavy (non-hydrogen) atoms. The monoisotopic (exact) mass is 243 g/mol. The Hall–Kier alpha value is -1.41. The summed E-state index contributed by atoms with van der Waals surface area (Å²) in [5.41, 5.74) is 2.72. The van der Waals surface area contributed by atoms with Crippen molar-refractivity contribution in [3.05, 3.63) is 42.0 Å². The molecule has 0 aliphatic carbocycles. The number of carbonyl (C=O) groups excluding carboxylic acids is 1. The van der Waals surface area contributed by atoms with Crippen molar-refractivity contribution in [2.45, 2.75) is 20.3 Å². The van der Waals surface area contributed by atoms with Crippen LogP contribution in [0.1, 0.15) is 25.8 Å². The molecule has 0 atom stereocenters. The highest BCUT2D eigenvalue weighted by atomic mass is 16.1. The van der Waals surface area contributed by atoms with Gasteiger partial charge in [-0.25, -0.2) is 0 Å². The van der Waals surface area contributed by atoms with Crippen LogP contribution in [-0.2, 0) is 4.79 Å². The molecule has 1 heterocycles. The van der Waals surface area contributed by atoms with E-state index in [0.29, 0.717) is 12.3 Å². The molecule has 1 aromatic rings. The molecule has 1 aliphatic rings. The predicted octanol–water partition coefficient (Wildman–Crippen LogP) is 3.00. The maximum Gasteiger partial charge on any atom is 0.149 e. The molecule has 2 rings (SSSR count). The highest BCUT2D eigenvalue weighted by Crippen LogP contribution is 2.21. The first-order valence-corrected chi connectivity index (χ1v) is 6.66. The quantitative estimate of drug-likeness (QED) is 0.810. The fraction of sp³-hybridized carbons (Fsp3) is 0.438. The Morgan fingerprint density at radius 3 is 2.56 bits per heavy atom. The molecule has 0 radical (unpaired) electrons. The maximum absolute atomic E-state index is 11.7. The molecule has 96 valence electrons. The second-order valence-corrected chi connectivity index (χ2v) is 5.20. The van der Waals surface area contributed by atoms with Crippen LogP contribution in [0.4, 0.5) is 0 Å². The molecule has 0 saturated heterocycles. The third-order valence-electron chi connectivity index (χ3n) is 3.46. The molecular weight excluding hydrogens is 222 g/mol. The van der Waals surface area contributed by atoms with Crippen LogP contribution in [0, 0.1) is 5.92 Å². The van der Waals surface area contributed by atoms with E-state index in [1.165, 1.54) is 11.1 Å². The van der Waals surface area contributed by atoms with E-state index in [1.54, 1.807) is 0 Å². The zero-order valence-corrected chi connectivity index (χ0v) is 11.2. The Morgan fingerprint density at radius 1 is 1.28 bits per heavy atom. The van der Waals surface area contributed by atoms with Crippen LogP contribution in [-0.4, -0.2) is 30.3 Å². The number of rotatable bonds is 4. The summed E-state index contributed by atoms with van der Waals surface area (Å²) in [6.45, 7) is 6.41. The van der Waals surface area contributed by atoms with Crippen molar-refractivity contribution in [2.24, 2.45) is 5.92 Å². The second kappa shape index (κ2) is 5.96. The number of carbonyl (C=O) groups is 1. The van der Waals surface area contributed by atoms with Crippen molar-refractivity contribution in [2.75, 3.05) is 19.6 Å². The molecule has 0 amide bonds. The molecule has 0 N–H and O–H groups in total. The van der Waals surface area contributed by atoms with Crippen LogP contribution in [0.15, 0.2) is 36.4 Å². The summed E-state index contributed by atoms with van der Waals surface area (Å²) >= 11 is 0. The Balaban J connectivity index is 1.94. The van der Waals surface area contributed by atoms with E-state index in [1.807, 2.05) is 19.9 Å². The van der Waals surface area contributed by atoms with Crippen LogP contribution >= 0.6 is 0 Å². The van der Waals surface area contributed by atoms with Gasteiger partial charge in [0.2, 0.25) is 0 Å². The van der Waals surface area contributed by atoms with Gasteiger partial charge in [-0.2, -0.15) is 0 Å². The zero-order chi connectivity index (χ0) is 13.0. The van der Waals surface area contributed by atoms with E-state index in [9.17, 15) is 4.79 Å². The molecule has 1 aliphatic heterocycles. The minimum absolute atomic E-state index is 0.143. The molecule has 0 aromatic heterocycles. The molecule has 0 saturated carbocycles. The van der Waals surface area contributed by atoms with Gasteiger partial charge in [0, 0.05) is 19.0 Å². The Kier molecular flexibility index (Phi) is 4.32. The average molecular weight is 243 g/mol. The van der Waals surface area contributed by atoms with Crippen molar-refractivity contribution >= 4 is 11.4 Å². The van der Waals surface area contributed by atoms with Gasteiger partial charge in [-0.3, -0.25) is 9.69 Å². The van der Waals surface area contributed by atoms with Crippen molar-refractivity contribution in [1.29, 1.82) is 0 Å². The van der Waals surface area contributed by atoms with E-state index in [-0.39, 0.29) is 5.92 Å². The van der Waals surface area contributed by atoms with E-state index in [2.05, 4.69) is 35.2 Å². The number of benzene rings is 1. The minimum Gasteiger partial charge on any atom is -0.298 e. The molecule has 0 spiro atoms. The summed E-state index contributed by atoms with van der Waals surface area (Å²) in [6, 6.07) is 10.5. The van der Waals surface area contributed by atoms with Gasteiger partial charge in [0.15, 0.2) is 0 Å². The Bertz CT molecular complexity index is 434. The summed E-state index contributed by atoms with van der Waals surface area (Å²) in [6.07, 6.45) is 3.29. The van der Waals surface area contributed by atoms with Gasteiger partial charge in [0.25, 0.3) is 0 Å². The Morgan fingerprint density at radius 2 is 2.00 bits per heavy atom. The highest BCUT2D eigenvalue weighted by molar-refractivity contribution is 5.82. The first-order chi connectivity index (χ1) is 8.66. The number of hydrogen-bond donors (Lipinski definition) is 0. The van der Waals surface area contributed by atoms with E-state index in [0.717, 1.165) is 19.5 Å². The van der Waals surface area contributed by atoms with Crippen LogP contribution in [0.2, 0.25) is 0 Å². The van der Waals surface area contributed by atoms with E-state index in [4.69, 9.17) is 0 Å². The topological polar surface area (TPSA) is 20.3 Å². The third kappa shape index (κ3) is 3.30. The van der Waals surface area contributed by atoms with Gasteiger partial charge in [-0.1, -0.05) is 50.3 Å². The van der Waals surface area contributed by atoms with Crippen LogP contribution in [0.5, 0.6) is 0 Å². The average Bonchev–Trinajstić information content (AvgIpc) is 2.40. The molecule has 0 fully saturated rings.